The smallest absolute Gasteiger partial charge is 0.251 e. The largest absolute Gasteiger partial charge is 0.493 e. The molecule has 0 unspecified atom stereocenters. The van der Waals surface area contributed by atoms with Crippen LogP contribution in [0.15, 0.2) is 36.4 Å². The molecule has 2 amide bonds. The second-order valence-electron chi connectivity index (χ2n) is 5.96. The molecule has 6 heteroatoms. The Morgan fingerprint density at radius 3 is 2.11 bits per heavy atom. The number of para-hydroxylation sites is 1. The Bertz CT molecular complexity index is 796. The monoisotopic (exact) mass is 370 g/mol. The van der Waals surface area contributed by atoms with Crippen LogP contribution in [-0.2, 0) is 17.6 Å². The number of carbonyl (C=O) groups is 2. The fraction of sp³-hybridized carbons (Fsp3) is 0.333. The summed E-state index contributed by atoms with van der Waals surface area (Å²) in [4.78, 5) is 24.7. The van der Waals surface area contributed by atoms with Crippen molar-refractivity contribution >= 4 is 17.5 Å². The maximum Gasteiger partial charge on any atom is 0.251 e. The number of methoxy groups -OCH3 is 2. The van der Waals surface area contributed by atoms with Gasteiger partial charge in [-0.1, -0.05) is 32.0 Å². The zero-order valence-electron chi connectivity index (χ0n) is 16.2. The second kappa shape index (κ2) is 9.62. The lowest BCUT2D eigenvalue weighted by Crippen LogP contribution is -2.33. The van der Waals surface area contributed by atoms with Gasteiger partial charge in [-0.25, -0.2) is 0 Å². The van der Waals surface area contributed by atoms with Gasteiger partial charge in [0.15, 0.2) is 11.5 Å². The molecular formula is C21H26N2O4. The third-order valence-corrected chi connectivity index (χ3v) is 4.32. The summed E-state index contributed by atoms with van der Waals surface area (Å²) < 4.78 is 10.4. The molecule has 2 rings (SSSR count). The summed E-state index contributed by atoms with van der Waals surface area (Å²) in [5.74, 6) is 0.374. The van der Waals surface area contributed by atoms with Gasteiger partial charge >= 0.3 is 0 Å². The zero-order valence-corrected chi connectivity index (χ0v) is 16.2. The number of hydrogen-bond acceptors (Lipinski definition) is 4. The Morgan fingerprint density at radius 2 is 1.56 bits per heavy atom. The molecule has 2 N–H and O–H groups in total. The molecule has 0 aliphatic heterocycles. The molecule has 6 nitrogen and oxygen atoms in total. The minimum atomic E-state index is -0.356. The number of hydrogen-bond donors (Lipinski definition) is 2. The predicted molar refractivity (Wildman–Crippen MR) is 106 cm³/mol. The average Bonchev–Trinajstić information content (AvgIpc) is 2.71. The van der Waals surface area contributed by atoms with Crippen LogP contribution in [0.1, 0.15) is 35.3 Å². The van der Waals surface area contributed by atoms with E-state index in [0.717, 1.165) is 29.7 Å². The van der Waals surface area contributed by atoms with Crippen molar-refractivity contribution in [1.29, 1.82) is 0 Å². The number of nitrogens with one attached hydrogen (secondary N) is 2. The summed E-state index contributed by atoms with van der Waals surface area (Å²) >= 11 is 0. The van der Waals surface area contributed by atoms with Crippen molar-refractivity contribution < 1.29 is 19.1 Å². The Kier molecular flexibility index (Phi) is 7.23. The third kappa shape index (κ3) is 5.00. The second-order valence-corrected chi connectivity index (χ2v) is 5.96. The topological polar surface area (TPSA) is 76.7 Å². The molecule has 0 aliphatic rings. The summed E-state index contributed by atoms with van der Waals surface area (Å²) in [5.41, 5.74) is 3.39. The van der Waals surface area contributed by atoms with E-state index in [0.29, 0.717) is 17.1 Å². The normalized spacial score (nSPS) is 10.2. The van der Waals surface area contributed by atoms with Gasteiger partial charge in [-0.2, -0.15) is 0 Å². The van der Waals surface area contributed by atoms with Crippen LogP contribution in [0, 0.1) is 0 Å². The first-order chi connectivity index (χ1) is 13.0. The van der Waals surface area contributed by atoms with Crippen molar-refractivity contribution in [3.8, 4) is 11.5 Å². The van der Waals surface area contributed by atoms with E-state index in [-0.39, 0.29) is 18.4 Å². The molecule has 27 heavy (non-hydrogen) atoms. The maximum atomic E-state index is 12.3. The molecule has 0 saturated heterocycles. The van der Waals surface area contributed by atoms with Gasteiger partial charge in [0.05, 0.1) is 20.8 Å². The SMILES string of the molecule is CCc1cccc(CC)c1NC(=O)CNC(=O)c1ccc(OC)c(OC)c1. The van der Waals surface area contributed by atoms with Crippen molar-refractivity contribution in [3.63, 3.8) is 0 Å². The van der Waals surface area contributed by atoms with E-state index in [4.69, 9.17) is 9.47 Å². The zero-order chi connectivity index (χ0) is 19.8. The summed E-state index contributed by atoms with van der Waals surface area (Å²) in [6, 6.07) is 10.8. The minimum absolute atomic E-state index is 0.117. The van der Waals surface area contributed by atoms with E-state index in [1.165, 1.54) is 14.2 Å². The first-order valence-corrected chi connectivity index (χ1v) is 8.94. The standard InChI is InChI=1S/C21H26N2O4/c1-5-14-8-7-9-15(6-2)20(14)23-19(24)13-22-21(25)16-10-11-17(26-3)18(12-16)27-4/h7-12H,5-6,13H2,1-4H3,(H,22,25)(H,23,24). The quantitative estimate of drug-likeness (QED) is 0.748. The highest BCUT2D eigenvalue weighted by Gasteiger charge is 2.14. The number of carbonyl (C=O) groups excluding carboxylic acids is 2. The van der Waals surface area contributed by atoms with E-state index in [1.807, 2.05) is 32.0 Å². The lowest BCUT2D eigenvalue weighted by molar-refractivity contribution is -0.115. The lowest BCUT2D eigenvalue weighted by Gasteiger charge is -2.15. The molecule has 0 aliphatic carbocycles. The number of anilines is 1. The predicted octanol–water partition coefficient (Wildman–Crippen LogP) is 3.20. The van der Waals surface area contributed by atoms with E-state index in [2.05, 4.69) is 10.6 Å². The Hall–Kier alpha value is -3.02. The maximum absolute atomic E-state index is 12.3. The molecule has 144 valence electrons. The molecule has 0 aromatic heterocycles. The Morgan fingerprint density at radius 1 is 0.926 bits per heavy atom. The highest BCUT2D eigenvalue weighted by Crippen LogP contribution is 2.27. The summed E-state index contributed by atoms with van der Waals surface area (Å²) in [7, 11) is 3.03. The van der Waals surface area contributed by atoms with Gasteiger partial charge in [0.2, 0.25) is 5.91 Å². The fourth-order valence-corrected chi connectivity index (χ4v) is 2.83. The van der Waals surface area contributed by atoms with Crippen molar-refractivity contribution in [1.82, 2.24) is 5.32 Å². The molecule has 0 saturated carbocycles. The van der Waals surface area contributed by atoms with E-state index >= 15 is 0 Å². The van der Waals surface area contributed by atoms with Crippen LogP contribution in [0.3, 0.4) is 0 Å². The molecule has 2 aromatic rings. The summed E-state index contributed by atoms with van der Waals surface area (Å²) in [5, 5.41) is 5.57. The van der Waals surface area contributed by atoms with Crippen LogP contribution < -0.4 is 20.1 Å². The highest BCUT2D eigenvalue weighted by atomic mass is 16.5. The number of ether oxygens (including phenoxy) is 2. The van der Waals surface area contributed by atoms with Gasteiger partial charge in [-0.3, -0.25) is 9.59 Å². The number of aryl methyl sites for hydroxylation is 2. The number of benzene rings is 2. The molecule has 0 heterocycles. The molecule has 0 radical (unpaired) electrons. The third-order valence-electron chi connectivity index (χ3n) is 4.32. The van der Waals surface area contributed by atoms with Crippen molar-refractivity contribution in [2.75, 3.05) is 26.1 Å². The molecule has 0 atom stereocenters. The van der Waals surface area contributed by atoms with E-state index in [9.17, 15) is 9.59 Å². The van der Waals surface area contributed by atoms with Crippen molar-refractivity contribution in [2.45, 2.75) is 26.7 Å². The number of rotatable bonds is 8. The molecule has 2 aromatic carbocycles. The average molecular weight is 370 g/mol. The number of amides is 2. The van der Waals surface area contributed by atoms with Gasteiger partial charge in [-0.15, -0.1) is 0 Å². The van der Waals surface area contributed by atoms with Gasteiger partial charge in [0, 0.05) is 11.3 Å². The Labute approximate surface area is 159 Å². The molecule has 0 fully saturated rings. The summed E-state index contributed by atoms with van der Waals surface area (Å²) in [6.45, 7) is 3.97. The van der Waals surface area contributed by atoms with Gasteiger partial charge in [-0.05, 0) is 42.2 Å². The lowest BCUT2D eigenvalue weighted by atomic mass is 10.0. The fourth-order valence-electron chi connectivity index (χ4n) is 2.83. The first-order valence-electron chi connectivity index (χ1n) is 8.94. The van der Waals surface area contributed by atoms with Crippen LogP contribution in [0.2, 0.25) is 0 Å². The van der Waals surface area contributed by atoms with Crippen LogP contribution >= 0.6 is 0 Å². The minimum Gasteiger partial charge on any atom is -0.493 e. The molecule has 0 bridgehead atoms. The van der Waals surface area contributed by atoms with Crippen LogP contribution in [0.4, 0.5) is 5.69 Å². The molecule has 0 spiro atoms. The van der Waals surface area contributed by atoms with Crippen molar-refractivity contribution in [3.05, 3.63) is 53.1 Å². The molecular weight excluding hydrogens is 344 g/mol. The van der Waals surface area contributed by atoms with E-state index in [1.54, 1.807) is 18.2 Å². The van der Waals surface area contributed by atoms with Gasteiger partial charge in [0.1, 0.15) is 0 Å². The van der Waals surface area contributed by atoms with Crippen LogP contribution in [-0.4, -0.2) is 32.6 Å². The van der Waals surface area contributed by atoms with Crippen molar-refractivity contribution in [2.24, 2.45) is 0 Å². The van der Waals surface area contributed by atoms with E-state index < -0.39 is 0 Å². The van der Waals surface area contributed by atoms with Crippen LogP contribution in [0.25, 0.3) is 0 Å². The van der Waals surface area contributed by atoms with Gasteiger partial charge < -0.3 is 20.1 Å². The summed E-state index contributed by atoms with van der Waals surface area (Å²) in [6.07, 6.45) is 1.64. The van der Waals surface area contributed by atoms with Gasteiger partial charge in [0.25, 0.3) is 5.91 Å². The van der Waals surface area contributed by atoms with Crippen LogP contribution in [0.5, 0.6) is 11.5 Å². The first kappa shape index (κ1) is 20.3. The Balaban J connectivity index is 2.03. The highest BCUT2D eigenvalue weighted by molar-refractivity contribution is 6.00.